The summed E-state index contributed by atoms with van der Waals surface area (Å²) in [6.07, 6.45) is 6.12. The van der Waals surface area contributed by atoms with E-state index in [9.17, 15) is 31.8 Å². The van der Waals surface area contributed by atoms with Crippen molar-refractivity contribution in [2.24, 2.45) is 40.4 Å². The van der Waals surface area contributed by atoms with Crippen molar-refractivity contribution >= 4 is 9.84 Å². The van der Waals surface area contributed by atoms with Crippen molar-refractivity contribution in [1.82, 2.24) is 0 Å². The average molecular weight is 625 g/mol. The predicted molar refractivity (Wildman–Crippen MR) is 161 cm³/mol. The zero-order valence-corrected chi connectivity index (χ0v) is 26.7. The fourth-order valence-corrected chi connectivity index (χ4v) is 13.2. The third kappa shape index (κ3) is 5.41. The van der Waals surface area contributed by atoms with Crippen LogP contribution in [0, 0.1) is 40.4 Å². The molecule has 0 radical (unpaired) electrons. The van der Waals surface area contributed by atoms with Gasteiger partial charge in [0.15, 0.2) is 15.4 Å². The van der Waals surface area contributed by atoms with Crippen LogP contribution in [0.25, 0.3) is 0 Å². The Morgan fingerprint density at radius 1 is 0.837 bits per heavy atom. The molecule has 4 nitrogen and oxygen atoms in total. The summed E-state index contributed by atoms with van der Waals surface area (Å²) in [7, 11) is -3.64. The maximum Gasteiger partial charge on any atom is 0.417 e. The highest BCUT2D eigenvalue weighted by Gasteiger charge is 2.65. The Morgan fingerprint density at radius 2 is 1.51 bits per heavy atom. The minimum Gasteiger partial charge on any atom is -0.390 e. The van der Waals surface area contributed by atoms with Gasteiger partial charge in [-0.15, -0.1) is 0 Å². The van der Waals surface area contributed by atoms with Gasteiger partial charge in [-0.2, -0.15) is 13.2 Å². The zero-order valence-electron chi connectivity index (χ0n) is 25.9. The van der Waals surface area contributed by atoms with Crippen LogP contribution in [0.5, 0.6) is 0 Å². The van der Waals surface area contributed by atoms with Gasteiger partial charge in [0.1, 0.15) is 0 Å². The summed E-state index contributed by atoms with van der Waals surface area (Å²) in [6.45, 7) is 4.57. The van der Waals surface area contributed by atoms with E-state index in [-0.39, 0.29) is 41.9 Å². The number of benzene rings is 1. The standard InChI is InChI=1S/C35H51F3O4S/c1-31-18-15-30-28(13-11-25-22-34(40,35(36,37)38)20-19-32(25,30)2)29(31)14-12-24(31)21-27(23-33(39)16-7-4-8-17-33)43(41,42)26-9-5-3-6-10-26/h3,5-6,9-10,24-25,27-30,39-40H,4,7-8,11-23H2,1-2H3/t24?,25?,27?,28?,29?,30?,31?,32?,34-/m0/s1. The second kappa shape index (κ2) is 11.0. The SMILES string of the molecule is CC12CCC3C(CCC4C[C@](O)(C(F)(F)F)CCC43C)C1CCC2CC(CC1(O)CCCCC1)S(=O)(=O)c1ccccc1. The molecule has 0 spiro atoms. The molecular formula is C35H51F3O4S. The molecule has 1 aromatic carbocycles. The molecule has 5 saturated carbocycles. The first-order valence-corrected chi connectivity index (χ1v) is 18.5. The van der Waals surface area contributed by atoms with E-state index in [1.165, 1.54) is 0 Å². The number of hydrogen-bond donors (Lipinski definition) is 2. The maximum atomic E-state index is 14.1. The monoisotopic (exact) mass is 624 g/mol. The fraction of sp³-hybridized carbons (Fsp3) is 0.829. The van der Waals surface area contributed by atoms with E-state index in [0.29, 0.717) is 48.3 Å². The number of sulfone groups is 1. The van der Waals surface area contributed by atoms with Crippen molar-refractivity contribution in [3.05, 3.63) is 30.3 Å². The molecule has 0 aliphatic heterocycles. The van der Waals surface area contributed by atoms with Gasteiger partial charge in [0, 0.05) is 0 Å². The molecule has 43 heavy (non-hydrogen) atoms. The Labute approximate surface area is 256 Å². The fourth-order valence-electron chi connectivity index (χ4n) is 11.3. The zero-order chi connectivity index (χ0) is 30.9. The Kier molecular flexibility index (Phi) is 8.15. The summed E-state index contributed by atoms with van der Waals surface area (Å²) in [6, 6.07) is 8.73. The molecule has 1 aromatic rings. The molecule has 8 heteroatoms. The van der Waals surface area contributed by atoms with Gasteiger partial charge in [-0.3, -0.25) is 0 Å². The Hall–Kier alpha value is -1.12. The van der Waals surface area contributed by atoms with Gasteiger partial charge in [-0.25, -0.2) is 8.42 Å². The lowest BCUT2D eigenvalue weighted by atomic mass is 9.43. The summed E-state index contributed by atoms with van der Waals surface area (Å²) in [5.41, 5.74) is -3.70. The van der Waals surface area contributed by atoms with Crippen LogP contribution in [0.4, 0.5) is 13.2 Å². The lowest BCUT2D eigenvalue weighted by molar-refractivity contribution is -0.290. The molecule has 6 rings (SSSR count). The highest BCUT2D eigenvalue weighted by Crippen LogP contribution is 2.69. The molecule has 0 heterocycles. The highest BCUT2D eigenvalue weighted by molar-refractivity contribution is 7.92. The molecular weight excluding hydrogens is 573 g/mol. The molecule has 8 unspecified atom stereocenters. The quantitative estimate of drug-likeness (QED) is 0.334. The largest absolute Gasteiger partial charge is 0.417 e. The molecule has 2 N–H and O–H groups in total. The third-order valence-corrected chi connectivity index (χ3v) is 16.1. The third-order valence-electron chi connectivity index (χ3n) is 13.9. The Morgan fingerprint density at radius 3 is 2.19 bits per heavy atom. The Bertz CT molecular complexity index is 1260. The first-order valence-electron chi connectivity index (χ1n) is 16.9. The normalized spacial score (nSPS) is 42.0. The van der Waals surface area contributed by atoms with E-state index < -0.39 is 32.5 Å². The van der Waals surface area contributed by atoms with Crippen molar-refractivity contribution in [3.63, 3.8) is 0 Å². The van der Waals surface area contributed by atoms with Crippen molar-refractivity contribution in [3.8, 4) is 0 Å². The number of alkyl halides is 3. The van der Waals surface area contributed by atoms with Crippen LogP contribution in [-0.2, 0) is 9.84 Å². The van der Waals surface area contributed by atoms with Crippen LogP contribution in [0.2, 0.25) is 0 Å². The second-order valence-corrected chi connectivity index (χ2v) is 18.1. The minimum absolute atomic E-state index is 0.00855. The van der Waals surface area contributed by atoms with E-state index in [1.807, 2.05) is 6.07 Å². The smallest absolute Gasteiger partial charge is 0.390 e. The molecule has 0 amide bonds. The summed E-state index contributed by atoms with van der Waals surface area (Å²) in [4.78, 5) is 0.338. The second-order valence-electron chi connectivity index (χ2n) is 15.9. The Balaban J connectivity index is 1.23. The average Bonchev–Trinajstić information content (AvgIpc) is 3.29. The van der Waals surface area contributed by atoms with E-state index in [1.54, 1.807) is 24.3 Å². The van der Waals surface area contributed by atoms with Gasteiger partial charge >= 0.3 is 6.18 Å². The summed E-state index contributed by atoms with van der Waals surface area (Å²) in [5.74, 6) is 1.35. The highest BCUT2D eigenvalue weighted by atomic mass is 32.2. The van der Waals surface area contributed by atoms with Crippen LogP contribution >= 0.6 is 0 Å². The van der Waals surface area contributed by atoms with Crippen LogP contribution in [0.15, 0.2) is 35.2 Å². The number of aliphatic hydroxyl groups is 2. The number of halogens is 3. The number of fused-ring (bicyclic) bond motifs is 5. The summed E-state index contributed by atoms with van der Waals surface area (Å²) < 4.78 is 69.6. The van der Waals surface area contributed by atoms with Gasteiger partial charge in [0.2, 0.25) is 0 Å². The topological polar surface area (TPSA) is 74.6 Å². The number of rotatable bonds is 6. The first-order chi connectivity index (χ1) is 20.1. The molecule has 0 saturated heterocycles. The van der Waals surface area contributed by atoms with Crippen molar-refractivity contribution < 1.29 is 31.8 Å². The van der Waals surface area contributed by atoms with Crippen LogP contribution in [0.3, 0.4) is 0 Å². The van der Waals surface area contributed by atoms with Crippen molar-refractivity contribution in [1.29, 1.82) is 0 Å². The van der Waals surface area contributed by atoms with Crippen LogP contribution in [0.1, 0.15) is 117 Å². The lowest BCUT2D eigenvalue weighted by Gasteiger charge is -2.62. The van der Waals surface area contributed by atoms with E-state index in [4.69, 9.17) is 0 Å². The van der Waals surface area contributed by atoms with Gasteiger partial charge < -0.3 is 10.2 Å². The van der Waals surface area contributed by atoms with E-state index >= 15 is 0 Å². The first kappa shape index (κ1) is 31.8. The van der Waals surface area contributed by atoms with Crippen LogP contribution in [-0.4, -0.2) is 41.3 Å². The van der Waals surface area contributed by atoms with Crippen molar-refractivity contribution in [2.75, 3.05) is 0 Å². The molecule has 242 valence electrons. The molecule has 9 atom stereocenters. The van der Waals surface area contributed by atoms with Gasteiger partial charge in [0.05, 0.1) is 15.7 Å². The van der Waals surface area contributed by atoms with Gasteiger partial charge in [0.25, 0.3) is 0 Å². The summed E-state index contributed by atoms with van der Waals surface area (Å²) >= 11 is 0. The lowest BCUT2D eigenvalue weighted by Crippen LogP contribution is -2.59. The van der Waals surface area contributed by atoms with Crippen LogP contribution < -0.4 is 0 Å². The molecule has 5 aliphatic carbocycles. The predicted octanol–water partition coefficient (Wildman–Crippen LogP) is 8.26. The minimum atomic E-state index is -4.59. The molecule has 5 aliphatic rings. The molecule has 0 aromatic heterocycles. The van der Waals surface area contributed by atoms with Gasteiger partial charge in [-0.1, -0.05) is 51.3 Å². The van der Waals surface area contributed by atoms with Crippen molar-refractivity contribution in [2.45, 2.75) is 144 Å². The maximum absolute atomic E-state index is 14.1. The molecule has 0 bridgehead atoms. The molecule has 5 fully saturated rings. The number of hydrogen-bond acceptors (Lipinski definition) is 4. The van der Waals surface area contributed by atoms with E-state index in [2.05, 4.69) is 13.8 Å². The summed E-state index contributed by atoms with van der Waals surface area (Å²) in [5, 5.41) is 21.5. The van der Waals surface area contributed by atoms with Gasteiger partial charge in [-0.05, 0) is 136 Å². The van der Waals surface area contributed by atoms with E-state index in [0.717, 1.165) is 57.8 Å².